The van der Waals surface area contributed by atoms with Crippen molar-refractivity contribution in [3.8, 4) is 0 Å². The van der Waals surface area contributed by atoms with Crippen molar-refractivity contribution in [1.29, 1.82) is 0 Å². The summed E-state index contributed by atoms with van der Waals surface area (Å²) in [6.07, 6.45) is 0. The van der Waals surface area contributed by atoms with E-state index in [1.54, 1.807) is 12.1 Å². The van der Waals surface area contributed by atoms with Gasteiger partial charge < -0.3 is 5.32 Å². The number of hydrogen-bond donors (Lipinski definition) is 1. The smallest absolute Gasteiger partial charge is 0.129 e. The maximum atomic E-state index is 13.6. The van der Waals surface area contributed by atoms with Gasteiger partial charge in [0.15, 0.2) is 0 Å². The van der Waals surface area contributed by atoms with Gasteiger partial charge in [-0.2, -0.15) is 0 Å². The van der Waals surface area contributed by atoms with Gasteiger partial charge in [0.05, 0.1) is 0 Å². The topological polar surface area (TPSA) is 12.0 Å². The highest BCUT2D eigenvalue weighted by molar-refractivity contribution is 9.10. The Morgan fingerprint density at radius 2 is 1.95 bits per heavy atom. The fourth-order valence-electron chi connectivity index (χ4n) is 1.89. The van der Waals surface area contributed by atoms with E-state index in [0.29, 0.717) is 17.1 Å². The van der Waals surface area contributed by atoms with Gasteiger partial charge in [0, 0.05) is 27.6 Å². The van der Waals surface area contributed by atoms with Crippen molar-refractivity contribution in [2.45, 2.75) is 19.5 Å². The number of rotatable bonds is 4. The molecule has 0 aliphatic carbocycles. The molecule has 0 heterocycles. The highest BCUT2D eigenvalue weighted by Crippen LogP contribution is 2.24. The molecule has 2 aromatic rings. The lowest BCUT2D eigenvalue weighted by Gasteiger charge is -2.16. The summed E-state index contributed by atoms with van der Waals surface area (Å²) >= 11 is 9.51. The molecular weight excluding hydrogens is 329 g/mol. The zero-order valence-electron chi connectivity index (χ0n) is 10.5. The zero-order valence-corrected chi connectivity index (χ0v) is 12.8. The Morgan fingerprint density at radius 3 is 2.63 bits per heavy atom. The third kappa shape index (κ3) is 3.56. The largest absolute Gasteiger partial charge is 0.306 e. The van der Waals surface area contributed by atoms with Crippen molar-refractivity contribution >= 4 is 27.5 Å². The minimum Gasteiger partial charge on any atom is -0.306 e. The summed E-state index contributed by atoms with van der Waals surface area (Å²) in [5.74, 6) is -0.278. The van der Waals surface area contributed by atoms with Crippen LogP contribution in [0.15, 0.2) is 46.9 Å². The van der Waals surface area contributed by atoms with Crippen molar-refractivity contribution in [2.24, 2.45) is 0 Å². The number of benzene rings is 2. The van der Waals surface area contributed by atoms with Crippen LogP contribution < -0.4 is 5.32 Å². The van der Waals surface area contributed by atoms with Crippen LogP contribution in [-0.4, -0.2) is 0 Å². The van der Waals surface area contributed by atoms with Gasteiger partial charge in [-0.25, -0.2) is 4.39 Å². The third-order valence-electron chi connectivity index (χ3n) is 3.02. The molecule has 0 fully saturated rings. The van der Waals surface area contributed by atoms with Crippen LogP contribution in [-0.2, 0) is 6.54 Å². The quantitative estimate of drug-likeness (QED) is 0.816. The lowest BCUT2D eigenvalue weighted by atomic mass is 10.1. The van der Waals surface area contributed by atoms with Gasteiger partial charge >= 0.3 is 0 Å². The Labute approximate surface area is 125 Å². The molecule has 1 unspecified atom stereocenters. The predicted molar refractivity (Wildman–Crippen MR) is 80.8 cm³/mol. The average molecular weight is 343 g/mol. The van der Waals surface area contributed by atoms with E-state index in [2.05, 4.69) is 21.2 Å². The molecule has 0 amide bonds. The van der Waals surface area contributed by atoms with E-state index in [9.17, 15) is 4.39 Å². The van der Waals surface area contributed by atoms with E-state index in [-0.39, 0.29) is 11.9 Å². The van der Waals surface area contributed by atoms with Crippen molar-refractivity contribution < 1.29 is 4.39 Å². The van der Waals surface area contributed by atoms with Gasteiger partial charge in [0.1, 0.15) is 5.82 Å². The summed E-state index contributed by atoms with van der Waals surface area (Å²) in [6.45, 7) is 2.43. The Morgan fingerprint density at radius 1 is 1.21 bits per heavy atom. The van der Waals surface area contributed by atoms with E-state index in [1.807, 2.05) is 31.2 Å². The van der Waals surface area contributed by atoms with E-state index in [1.165, 1.54) is 6.07 Å². The van der Waals surface area contributed by atoms with Crippen molar-refractivity contribution in [1.82, 2.24) is 5.32 Å². The lowest BCUT2D eigenvalue weighted by molar-refractivity contribution is 0.543. The van der Waals surface area contributed by atoms with Gasteiger partial charge in [-0.15, -0.1) is 0 Å². The molecule has 0 aliphatic rings. The van der Waals surface area contributed by atoms with Gasteiger partial charge in [0.2, 0.25) is 0 Å². The highest BCUT2D eigenvalue weighted by atomic mass is 79.9. The maximum Gasteiger partial charge on any atom is 0.129 e. The molecule has 2 aromatic carbocycles. The molecule has 0 spiro atoms. The van der Waals surface area contributed by atoms with Gasteiger partial charge in [0.25, 0.3) is 0 Å². The molecule has 0 aromatic heterocycles. The standard InChI is InChI=1S/C15H14BrClFN/c1-10(11-5-2-3-6-13(11)16)19-9-12-14(17)7-4-8-15(12)18/h2-8,10,19H,9H2,1H3. The second kappa shape index (κ2) is 6.51. The molecule has 4 heteroatoms. The molecule has 0 saturated heterocycles. The van der Waals surface area contributed by atoms with Crippen LogP contribution in [0.25, 0.3) is 0 Å². The SMILES string of the molecule is CC(NCc1c(F)cccc1Cl)c1ccccc1Br. The minimum atomic E-state index is -0.278. The van der Waals surface area contributed by atoms with Crippen LogP contribution in [0, 0.1) is 5.82 Å². The van der Waals surface area contributed by atoms with Crippen LogP contribution >= 0.6 is 27.5 Å². The first-order valence-corrected chi connectivity index (χ1v) is 7.17. The van der Waals surface area contributed by atoms with Crippen molar-refractivity contribution in [3.63, 3.8) is 0 Å². The first kappa shape index (κ1) is 14.5. The van der Waals surface area contributed by atoms with Crippen LogP contribution in [0.1, 0.15) is 24.1 Å². The Bertz CT molecular complexity index is 554. The molecule has 1 atom stereocenters. The molecular formula is C15H14BrClFN. The Balaban J connectivity index is 2.09. The summed E-state index contributed by atoms with van der Waals surface area (Å²) in [6, 6.07) is 12.8. The number of hydrogen-bond acceptors (Lipinski definition) is 1. The monoisotopic (exact) mass is 341 g/mol. The average Bonchev–Trinajstić information content (AvgIpc) is 2.38. The van der Waals surface area contributed by atoms with Crippen LogP contribution in [0.5, 0.6) is 0 Å². The molecule has 0 bridgehead atoms. The molecule has 2 rings (SSSR count). The first-order chi connectivity index (χ1) is 9.09. The molecule has 1 N–H and O–H groups in total. The summed E-state index contributed by atoms with van der Waals surface area (Å²) in [7, 11) is 0. The predicted octanol–water partition coefficient (Wildman–Crippen LogP) is 5.09. The Kier molecular flexibility index (Phi) is 4.97. The van der Waals surface area contributed by atoms with Crippen LogP contribution in [0.2, 0.25) is 5.02 Å². The van der Waals surface area contributed by atoms with Crippen LogP contribution in [0.4, 0.5) is 4.39 Å². The molecule has 0 aliphatic heterocycles. The van der Waals surface area contributed by atoms with Gasteiger partial charge in [-0.3, -0.25) is 0 Å². The fourth-order valence-corrected chi connectivity index (χ4v) is 2.75. The fraction of sp³-hybridized carbons (Fsp3) is 0.200. The van der Waals surface area contributed by atoms with E-state index in [4.69, 9.17) is 11.6 Å². The van der Waals surface area contributed by atoms with Crippen molar-refractivity contribution in [3.05, 3.63) is 68.9 Å². The maximum absolute atomic E-state index is 13.6. The number of halogens is 3. The second-order valence-electron chi connectivity index (χ2n) is 4.32. The Hall–Kier alpha value is -0.900. The molecule has 100 valence electrons. The molecule has 19 heavy (non-hydrogen) atoms. The van der Waals surface area contributed by atoms with Crippen LogP contribution in [0.3, 0.4) is 0 Å². The number of nitrogens with one attached hydrogen (secondary N) is 1. The van der Waals surface area contributed by atoms with E-state index >= 15 is 0 Å². The third-order valence-corrected chi connectivity index (χ3v) is 4.09. The highest BCUT2D eigenvalue weighted by Gasteiger charge is 2.11. The minimum absolute atomic E-state index is 0.103. The summed E-state index contributed by atoms with van der Waals surface area (Å²) in [5, 5.41) is 3.73. The van der Waals surface area contributed by atoms with Crippen molar-refractivity contribution in [2.75, 3.05) is 0 Å². The second-order valence-corrected chi connectivity index (χ2v) is 5.59. The summed E-state index contributed by atoms with van der Waals surface area (Å²) in [5.41, 5.74) is 1.64. The first-order valence-electron chi connectivity index (χ1n) is 6.00. The summed E-state index contributed by atoms with van der Waals surface area (Å²) in [4.78, 5) is 0. The van der Waals surface area contributed by atoms with Gasteiger partial charge in [-0.05, 0) is 30.7 Å². The van der Waals surface area contributed by atoms with E-state index < -0.39 is 0 Å². The van der Waals surface area contributed by atoms with Gasteiger partial charge in [-0.1, -0.05) is 51.8 Å². The normalized spacial score (nSPS) is 12.4. The van der Waals surface area contributed by atoms with E-state index in [0.717, 1.165) is 10.0 Å². The molecule has 0 radical (unpaired) electrons. The zero-order chi connectivity index (χ0) is 13.8. The lowest BCUT2D eigenvalue weighted by Crippen LogP contribution is -2.19. The molecule has 1 nitrogen and oxygen atoms in total. The summed E-state index contributed by atoms with van der Waals surface area (Å²) < 4.78 is 14.7. The molecule has 0 saturated carbocycles.